The number of hydrogen-bond donors (Lipinski definition) is 1. The molecule has 0 aliphatic carbocycles. The van der Waals surface area contributed by atoms with Crippen molar-refractivity contribution < 1.29 is 9.59 Å². The first-order valence-electron chi connectivity index (χ1n) is 8.16. The molecule has 1 aromatic carbocycles. The summed E-state index contributed by atoms with van der Waals surface area (Å²) in [7, 11) is 3.41. The van der Waals surface area contributed by atoms with Crippen molar-refractivity contribution in [2.75, 3.05) is 11.9 Å². The molecular weight excluding hydrogens is 350 g/mol. The third kappa shape index (κ3) is 2.68. The molecule has 1 atom stereocenters. The number of nitrogens with zero attached hydrogens (tertiary/aromatic N) is 4. The molecule has 3 aromatic rings. The van der Waals surface area contributed by atoms with Crippen molar-refractivity contribution >= 4 is 28.8 Å². The zero-order valence-electron chi connectivity index (χ0n) is 14.3. The summed E-state index contributed by atoms with van der Waals surface area (Å²) in [6.45, 7) is 0. The molecule has 1 aliphatic heterocycles. The lowest BCUT2D eigenvalue weighted by atomic mass is 10.1. The Morgan fingerprint density at radius 2 is 2.12 bits per heavy atom. The number of hydrogen-bond acceptors (Lipinski definition) is 5. The molecule has 132 valence electrons. The van der Waals surface area contributed by atoms with Crippen LogP contribution in [-0.2, 0) is 18.3 Å². The molecule has 8 heteroatoms. The Labute approximate surface area is 154 Å². The van der Waals surface area contributed by atoms with E-state index < -0.39 is 6.04 Å². The number of carbonyl (C=O) groups excluding carboxylic acids is 2. The minimum Gasteiger partial charge on any atom is -0.357 e. The molecule has 0 saturated heterocycles. The summed E-state index contributed by atoms with van der Waals surface area (Å²) in [6.07, 6.45) is 4.07. The van der Waals surface area contributed by atoms with Crippen LogP contribution >= 0.6 is 11.3 Å². The van der Waals surface area contributed by atoms with E-state index >= 15 is 0 Å². The van der Waals surface area contributed by atoms with Crippen molar-refractivity contribution in [3.8, 4) is 10.6 Å². The molecule has 0 fully saturated rings. The van der Waals surface area contributed by atoms with Gasteiger partial charge >= 0.3 is 0 Å². The second-order valence-corrected chi connectivity index (χ2v) is 6.94. The maximum atomic E-state index is 13.2. The van der Waals surface area contributed by atoms with Gasteiger partial charge in [-0.2, -0.15) is 5.10 Å². The molecule has 0 saturated carbocycles. The number of thiazole rings is 1. The lowest BCUT2D eigenvalue weighted by molar-refractivity contribution is -0.121. The number of fused-ring (bicyclic) bond motifs is 1. The summed E-state index contributed by atoms with van der Waals surface area (Å²) in [4.78, 5) is 31.5. The van der Waals surface area contributed by atoms with Crippen LogP contribution in [0.2, 0.25) is 0 Å². The Morgan fingerprint density at radius 3 is 2.85 bits per heavy atom. The normalized spacial score (nSPS) is 15.8. The third-order valence-electron chi connectivity index (χ3n) is 4.42. The lowest BCUT2D eigenvalue weighted by Gasteiger charge is -2.23. The number of aromatic nitrogens is 3. The molecule has 0 spiro atoms. The molecule has 0 bridgehead atoms. The summed E-state index contributed by atoms with van der Waals surface area (Å²) in [5.74, 6) is -0.452. The number of likely N-dealkylation sites (N-methyl/N-ethyl adjacent to an activating group) is 1. The van der Waals surface area contributed by atoms with Gasteiger partial charge in [-0.05, 0) is 11.6 Å². The van der Waals surface area contributed by atoms with E-state index in [1.807, 2.05) is 37.5 Å². The van der Waals surface area contributed by atoms with Crippen LogP contribution in [0.4, 0.5) is 5.69 Å². The van der Waals surface area contributed by atoms with Gasteiger partial charge in [-0.25, -0.2) is 4.98 Å². The van der Waals surface area contributed by atoms with Crippen LogP contribution in [0, 0.1) is 0 Å². The van der Waals surface area contributed by atoms with Crippen molar-refractivity contribution in [2.45, 2.75) is 12.5 Å². The van der Waals surface area contributed by atoms with E-state index in [1.54, 1.807) is 28.2 Å². The quantitative estimate of drug-likeness (QED) is 0.766. The van der Waals surface area contributed by atoms with Crippen LogP contribution in [0.25, 0.3) is 10.6 Å². The van der Waals surface area contributed by atoms with Gasteiger partial charge in [-0.3, -0.25) is 19.2 Å². The van der Waals surface area contributed by atoms with Crippen molar-refractivity contribution in [1.82, 2.24) is 20.1 Å². The van der Waals surface area contributed by atoms with Crippen molar-refractivity contribution in [2.24, 2.45) is 7.05 Å². The third-order valence-corrected chi connectivity index (χ3v) is 5.31. The topological polar surface area (TPSA) is 80.1 Å². The summed E-state index contributed by atoms with van der Waals surface area (Å²) < 4.78 is 1.69. The molecule has 3 heterocycles. The molecule has 2 aromatic heterocycles. The van der Waals surface area contributed by atoms with Gasteiger partial charge in [0, 0.05) is 43.3 Å². The fourth-order valence-corrected chi connectivity index (χ4v) is 3.94. The van der Waals surface area contributed by atoms with Crippen LogP contribution in [0.5, 0.6) is 0 Å². The Balaban J connectivity index is 1.70. The summed E-state index contributed by atoms with van der Waals surface area (Å²) in [5.41, 5.74) is 2.94. The number of nitrogens with one attached hydrogen (secondary N) is 1. The van der Waals surface area contributed by atoms with E-state index in [0.717, 1.165) is 21.8 Å². The van der Waals surface area contributed by atoms with E-state index in [-0.39, 0.29) is 11.8 Å². The molecule has 0 radical (unpaired) electrons. The van der Waals surface area contributed by atoms with E-state index in [1.165, 1.54) is 11.3 Å². The predicted octanol–water partition coefficient (Wildman–Crippen LogP) is 1.86. The van der Waals surface area contributed by atoms with Gasteiger partial charge in [-0.15, -0.1) is 11.3 Å². The molecule has 1 unspecified atom stereocenters. The number of rotatable bonds is 3. The van der Waals surface area contributed by atoms with Crippen LogP contribution in [-0.4, -0.2) is 39.7 Å². The maximum absolute atomic E-state index is 13.2. The van der Waals surface area contributed by atoms with Crippen LogP contribution in [0.3, 0.4) is 0 Å². The average molecular weight is 367 g/mol. The van der Waals surface area contributed by atoms with Crippen LogP contribution in [0.1, 0.15) is 16.1 Å². The van der Waals surface area contributed by atoms with Gasteiger partial charge in [0.25, 0.3) is 5.91 Å². The second kappa shape index (κ2) is 6.38. The zero-order valence-corrected chi connectivity index (χ0v) is 15.2. The first-order chi connectivity index (χ1) is 12.6. The molecule has 2 amide bonds. The fourth-order valence-electron chi connectivity index (χ4n) is 3.17. The van der Waals surface area contributed by atoms with Gasteiger partial charge in [-0.1, -0.05) is 18.2 Å². The Kier molecular flexibility index (Phi) is 4.04. The minimum absolute atomic E-state index is 0.183. The Bertz CT molecular complexity index is 993. The number of amides is 2. The van der Waals surface area contributed by atoms with Crippen LogP contribution in [0.15, 0.2) is 42.0 Å². The maximum Gasteiger partial charge on any atom is 0.278 e. The number of anilines is 1. The molecule has 1 N–H and O–H groups in total. The first-order valence-corrected chi connectivity index (χ1v) is 9.04. The van der Waals surface area contributed by atoms with Gasteiger partial charge in [0.15, 0.2) is 0 Å². The molecule has 7 nitrogen and oxygen atoms in total. The number of aryl methyl sites for hydroxylation is 1. The highest BCUT2D eigenvalue weighted by molar-refractivity contribution is 7.13. The molecular formula is C18H17N5O2S. The molecule has 1 aliphatic rings. The SMILES string of the molecule is CNC(=O)C1Cc2ccccc2N1C(=O)c1csc(-c2cnn(C)c2)n1. The van der Waals surface area contributed by atoms with Gasteiger partial charge < -0.3 is 5.32 Å². The predicted molar refractivity (Wildman–Crippen MR) is 99.1 cm³/mol. The minimum atomic E-state index is -0.562. The van der Waals surface area contributed by atoms with Crippen molar-refractivity contribution in [3.05, 3.63) is 53.3 Å². The second-order valence-electron chi connectivity index (χ2n) is 6.08. The Morgan fingerprint density at radius 1 is 1.31 bits per heavy atom. The van der Waals surface area contributed by atoms with Crippen molar-refractivity contribution in [1.29, 1.82) is 0 Å². The zero-order chi connectivity index (χ0) is 18.3. The lowest BCUT2D eigenvalue weighted by Crippen LogP contribution is -2.47. The highest BCUT2D eigenvalue weighted by atomic mass is 32.1. The highest BCUT2D eigenvalue weighted by Crippen LogP contribution is 2.34. The van der Waals surface area contributed by atoms with Crippen molar-refractivity contribution in [3.63, 3.8) is 0 Å². The van der Waals surface area contributed by atoms with Gasteiger partial charge in [0.2, 0.25) is 5.91 Å². The van der Waals surface area contributed by atoms with E-state index in [0.29, 0.717) is 12.1 Å². The summed E-state index contributed by atoms with van der Waals surface area (Å²) >= 11 is 1.39. The summed E-state index contributed by atoms with van der Waals surface area (Å²) in [5, 5.41) is 9.24. The molecule has 4 rings (SSSR count). The summed E-state index contributed by atoms with van der Waals surface area (Å²) in [6, 6.07) is 7.03. The first kappa shape index (κ1) is 16.5. The Hall–Kier alpha value is -3.00. The monoisotopic (exact) mass is 367 g/mol. The average Bonchev–Trinajstić information content (AvgIpc) is 3.37. The number of benzene rings is 1. The van der Waals surface area contributed by atoms with E-state index in [9.17, 15) is 9.59 Å². The molecule has 26 heavy (non-hydrogen) atoms. The fraction of sp³-hybridized carbons (Fsp3) is 0.222. The number of para-hydroxylation sites is 1. The highest BCUT2D eigenvalue weighted by Gasteiger charge is 2.38. The van der Waals surface area contributed by atoms with Crippen LogP contribution < -0.4 is 10.2 Å². The van der Waals surface area contributed by atoms with E-state index in [2.05, 4.69) is 15.4 Å². The smallest absolute Gasteiger partial charge is 0.278 e. The van der Waals surface area contributed by atoms with Gasteiger partial charge in [0.05, 0.1) is 6.20 Å². The van der Waals surface area contributed by atoms with Gasteiger partial charge in [0.1, 0.15) is 16.7 Å². The van der Waals surface area contributed by atoms with E-state index in [4.69, 9.17) is 0 Å². The standard InChI is InChI=1S/C18H17N5O2S/c1-19-16(24)15-7-11-5-3-4-6-14(11)23(15)18(25)13-10-26-17(21-13)12-8-20-22(2)9-12/h3-6,8-10,15H,7H2,1-2H3,(H,19,24). The largest absolute Gasteiger partial charge is 0.357 e. The number of carbonyl (C=O) groups is 2.